The Kier molecular flexibility index (Phi) is 2.63. The predicted octanol–water partition coefficient (Wildman–Crippen LogP) is 0.682. The Morgan fingerprint density at radius 1 is 1.37 bits per heavy atom. The van der Waals surface area contributed by atoms with Crippen molar-refractivity contribution in [1.82, 2.24) is 9.88 Å². The van der Waals surface area contributed by atoms with Crippen LogP contribution in [0.5, 0.6) is 0 Å². The molecule has 2 aliphatic rings. The van der Waals surface area contributed by atoms with Gasteiger partial charge in [-0.1, -0.05) is 0 Å². The summed E-state index contributed by atoms with van der Waals surface area (Å²) in [6.07, 6.45) is -0.827. The fourth-order valence-corrected chi connectivity index (χ4v) is 3.03. The van der Waals surface area contributed by atoms with Crippen molar-refractivity contribution in [2.24, 2.45) is 5.41 Å². The highest BCUT2D eigenvalue weighted by molar-refractivity contribution is 5.67. The molecule has 0 bridgehead atoms. The number of rotatable bonds is 2. The van der Waals surface area contributed by atoms with Crippen molar-refractivity contribution in [1.29, 1.82) is 0 Å². The lowest BCUT2D eigenvalue weighted by Gasteiger charge is -2.60. The summed E-state index contributed by atoms with van der Waals surface area (Å²) in [5, 5.41) is 18.0. The maximum Gasteiger partial charge on any atom is 0.407 e. The first kappa shape index (κ1) is 12.2. The highest BCUT2D eigenvalue weighted by Gasteiger charge is 2.53. The van der Waals surface area contributed by atoms with Gasteiger partial charge < -0.3 is 20.0 Å². The molecule has 19 heavy (non-hydrogen) atoms. The van der Waals surface area contributed by atoms with Gasteiger partial charge in [0.15, 0.2) is 0 Å². The van der Waals surface area contributed by atoms with Gasteiger partial charge >= 0.3 is 6.09 Å². The number of aryl methyl sites for hydroxylation is 1. The number of likely N-dealkylation sites (tertiary alicyclic amines) is 1. The summed E-state index contributed by atoms with van der Waals surface area (Å²) >= 11 is 0. The zero-order valence-electron chi connectivity index (χ0n) is 10.8. The number of pyridine rings is 1. The minimum Gasteiger partial charge on any atom is -0.465 e. The van der Waals surface area contributed by atoms with Crippen LogP contribution in [0.3, 0.4) is 0 Å². The molecule has 6 heteroatoms. The van der Waals surface area contributed by atoms with E-state index < -0.39 is 6.09 Å². The lowest BCUT2D eigenvalue weighted by molar-refractivity contribution is -0.00943. The van der Waals surface area contributed by atoms with Crippen LogP contribution in [0.15, 0.2) is 12.1 Å². The maximum atomic E-state index is 10.8. The molecule has 2 N–H and O–H groups in total. The van der Waals surface area contributed by atoms with E-state index in [0.717, 1.165) is 24.5 Å². The number of aliphatic hydroxyl groups excluding tert-OH is 1. The summed E-state index contributed by atoms with van der Waals surface area (Å²) in [7, 11) is 0. The molecule has 2 saturated heterocycles. The second-order valence-electron chi connectivity index (χ2n) is 5.61. The molecule has 3 rings (SSSR count). The first-order chi connectivity index (χ1) is 9.01. The van der Waals surface area contributed by atoms with E-state index in [1.165, 1.54) is 4.90 Å². The maximum absolute atomic E-state index is 10.8. The van der Waals surface area contributed by atoms with E-state index in [1.54, 1.807) is 0 Å². The van der Waals surface area contributed by atoms with Crippen molar-refractivity contribution in [3.05, 3.63) is 23.5 Å². The summed E-state index contributed by atoms with van der Waals surface area (Å²) in [6, 6.07) is 3.90. The van der Waals surface area contributed by atoms with E-state index in [0.29, 0.717) is 18.8 Å². The summed E-state index contributed by atoms with van der Waals surface area (Å²) < 4.78 is 0. The van der Waals surface area contributed by atoms with Gasteiger partial charge in [0.2, 0.25) is 0 Å². The number of hydrogen-bond donors (Lipinski definition) is 2. The van der Waals surface area contributed by atoms with Gasteiger partial charge in [-0.3, -0.25) is 4.98 Å². The molecule has 0 saturated carbocycles. The number of anilines is 1. The smallest absolute Gasteiger partial charge is 0.407 e. The van der Waals surface area contributed by atoms with Crippen LogP contribution in [-0.4, -0.2) is 52.4 Å². The van der Waals surface area contributed by atoms with Crippen molar-refractivity contribution in [2.75, 3.05) is 31.1 Å². The summed E-state index contributed by atoms with van der Waals surface area (Å²) in [5.41, 5.74) is 2.78. The minimum absolute atomic E-state index is 0.0551. The predicted molar refractivity (Wildman–Crippen MR) is 69.1 cm³/mol. The Morgan fingerprint density at radius 3 is 2.63 bits per heavy atom. The lowest BCUT2D eigenvalue weighted by Crippen LogP contribution is -2.73. The van der Waals surface area contributed by atoms with Gasteiger partial charge in [-0.15, -0.1) is 0 Å². The molecule has 1 aromatic heterocycles. The van der Waals surface area contributed by atoms with Gasteiger partial charge in [0, 0.05) is 43.0 Å². The third-order valence-corrected chi connectivity index (χ3v) is 3.89. The molecular weight excluding hydrogens is 246 g/mol. The van der Waals surface area contributed by atoms with E-state index in [9.17, 15) is 4.79 Å². The highest BCUT2D eigenvalue weighted by atomic mass is 16.4. The SMILES string of the molecule is Cc1cc(N2CC3(CN(C(=O)O)C3)C2)cc(CO)n1. The van der Waals surface area contributed by atoms with Gasteiger partial charge in [0.1, 0.15) is 0 Å². The summed E-state index contributed by atoms with van der Waals surface area (Å²) in [5.74, 6) is 0. The zero-order valence-corrected chi connectivity index (χ0v) is 10.8. The molecule has 0 unspecified atom stereocenters. The third kappa shape index (κ3) is 2.02. The van der Waals surface area contributed by atoms with Crippen LogP contribution in [-0.2, 0) is 6.61 Å². The number of carboxylic acid groups (broad SMARTS) is 1. The Morgan fingerprint density at radius 2 is 2.05 bits per heavy atom. The van der Waals surface area contributed by atoms with Crippen LogP contribution in [0.2, 0.25) is 0 Å². The first-order valence-electron chi connectivity index (χ1n) is 6.33. The van der Waals surface area contributed by atoms with Crippen molar-refractivity contribution >= 4 is 11.8 Å². The topological polar surface area (TPSA) is 76.9 Å². The molecule has 0 aliphatic carbocycles. The molecule has 1 amide bonds. The standard InChI is InChI=1S/C13H17N3O3/c1-9-2-11(3-10(4-17)14-9)15-5-13(6-15)7-16(8-13)12(18)19/h2-3,17H,4-8H2,1H3,(H,18,19). The number of amides is 1. The van der Waals surface area contributed by atoms with Gasteiger partial charge in [-0.2, -0.15) is 0 Å². The molecule has 0 atom stereocenters. The Bertz CT molecular complexity index is 518. The first-order valence-corrected chi connectivity index (χ1v) is 6.33. The second kappa shape index (κ2) is 4.09. The van der Waals surface area contributed by atoms with E-state index in [2.05, 4.69) is 9.88 Å². The van der Waals surface area contributed by atoms with E-state index >= 15 is 0 Å². The van der Waals surface area contributed by atoms with Crippen molar-refractivity contribution in [3.8, 4) is 0 Å². The number of nitrogens with zero attached hydrogens (tertiary/aromatic N) is 3. The molecule has 2 fully saturated rings. The third-order valence-electron chi connectivity index (χ3n) is 3.89. The van der Waals surface area contributed by atoms with Crippen LogP contribution < -0.4 is 4.90 Å². The largest absolute Gasteiger partial charge is 0.465 e. The number of carbonyl (C=O) groups is 1. The fraction of sp³-hybridized carbons (Fsp3) is 0.538. The summed E-state index contributed by atoms with van der Waals surface area (Å²) in [6.45, 7) is 4.88. The summed E-state index contributed by atoms with van der Waals surface area (Å²) in [4.78, 5) is 18.7. The van der Waals surface area contributed by atoms with Crippen molar-refractivity contribution < 1.29 is 15.0 Å². The van der Waals surface area contributed by atoms with Crippen LogP contribution >= 0.6 is 0 Å². The fourth-order valence-electron chi connectivity index (χ4n) is 3.03. The Hall–Kier alpha value is -1.82. The molecule has 1 spiro atoms. The van der Waals surface area contributed by atoms with Crippen LogP contribution in [0.4, 0.5) is 10.5 Å². The molecule has 6 nitrogen and oxygen atoms in total. The highest BCUT2D eigenvalue weighted by Crippen LogP contribution is 2.41. The molecular formula is C13H17N3O3. The molecule has 2 aliphatic heterocycles. The normalized spacial score (nSPS) is 20.1. The number of aliphatic hydroxyl groups is 1. The quantitative estimate of drug-likeness (QED) is 0.820. The number of aromatic nitrogens is 1. The minimum atomic E-state index is -0.827. The van der Waals surface area contributed by atoms with E-state index in [4.69, 9.17) is 10.2 Å². The second-order valence-corrected chi connectivity index (χ2v) is 5.61. The van der Waals surface area contributed by atoms with E-state index in [1.807, 2.05) is 19.1 Å². The van der Waals surface area contributed by atoms with Gasteiger partial charge in [0.25, 0.3) is 0 Å². The molecule has 0 radical (unpaired) electrons. The molecule has 1 aromatic rings. The van der Waals surface area contributed by atoms with Gasteiger partial charge in [-0.05, 0) is 19.1 Å². The molecule has 102 valence electrons. The monoisotopic (exact) mass is 263 g/mol. The number of hydrogen-bond acceptors (Lipinski definition) is 4. The molecule has 3 heterocycles. The van der Waals surface area contributed by atoms with Crippen molar-refractivity contribution in [3.63, 3.8) is 0 Å². The van der Waals surface area contributed by atoms with Gasteiger partial charge in [-0.25, -0.2) is 4.79 Å². The Balaban J connectivity index is 1.65. The lowest BCUT2D eigenvalue weighted by atomic mass is 9.73. The zero-order chi connectivity index (χ0) is 13.6. The van der Waals surface area contributed by atoms with Crippen LogP contribution in [0.1, 0.15) is 11.4 Å². The Labute approximate surface area is 111 Å². The molecule has 0 aromatic carbocycles. The average Bonchev–Trinajstić information content (AvgIpc) is 2.24. The van der Waals surface area contributed by atoms with Crippen LogP contribution in [0.25, 0.3) is 0 Å². The van der Waals surface area contributed by atoms with Crippen LogP contribution in [0, 0.1) is 12.3 Å². The average molecular weight is 263 g/mol. The van der Waals surface area contributed by atoms with E-state index in [-0.39, 0.29) is 12.0 Å². The van der Waals surface area contributed by atoms with Gasteiger partial charge in [0.05, 0.1) is 12.3 Å². The van der Waals surface area contributed by atoms with Crippen molar-refractivity contribution in [2.45, 2.75) is 13.5 Å².